The van der Waals surface area contributed by atoms with Crippen molar-refractivity contribution in [1.82, 2.24) is 10.2 Å². The Balaban J connectivity index is 2.71. The van der Waals surface area contributed by atoms with Gasteiger partial charge in [-0.2, -0.15) is 0 Å². The lowest BCUT2D eigenvalue weighted by atomic mass is 10.1. The van der Waals surface area contributed by atoms with Gasteiger partial charge in [0.2, 0.25) is 0 Å². The summed E-state index contributed by atoms with van der Waals surface area (Å²) in [7, 11) is 5.68. The molecule has 1 rings (SSSR count). The molecular formula is C12H19N3O. The molecule has 0 saturated heterocycles. The first-order valence-electron chi connectivity index (χ1n) is 5.35. The fourth-order valence-corrected chi connectivity index (χ4v) is 1.39. The molecule has 2 amide bonds. The Morgan fingerprint density at radius 1 is 1.31 bits per heavy atom. The van der Waals surface area contributed by atoms with Gasteiger partial charge in [0.15, 0.2) is 0 Å². The number of nitrogens with one attached hydrogen (secondary N) is 2. The maximum Gasteiger partial charge on any atom is 0.318 e. The number of urea groups is 1. The van der Waals surface area contributed by atoms with E-state index in [2.05, 4.69) is 15.5 Å². The largest absolute Gasteiger partial charge is 0.341 e. The number of amides is 2. The first-order valence-corrected chi connectivity index (χ1v) is 5.35. The van der Waals surface area contributed by atoms with Crippen LogP contribution in [0.3, 0.4) is 0 Å². The number of nitrogens with zero attached hydrogens (tertiary/aromatic N) is 1. The summed E-state index contributed by atoms with van der Waals surface area (Å²) >= 11 is 0. The quantitative estimate of drug-likeness (QED) is 0.810. The zero-order chi connectivity index (χ0) is 12.0. The molecule has 0 radical (unpaired) electrons. The average molecular weight is 221 g/mol. The van der Waals surface area contributed by atoms with Gasteiger partial charge in [0, 0.05) is 19.3 Å². The van der Waals surface area contributed by atoms with Gasteiger partial charge in [-0.3, -0.25) is 0 Å². The van der Waals surface area contributed by atoms with Gasteiger partial charge in [-0.15, -0.1) is 0 Å². The number of hydrogen-bond acceptors (Lipinski definition) is 2. The van der Waals surface area contributed by atoms with E-state index in [0.29, 0.717) is 0 Å². The molecule has 88 valence electrons. The first kappa shape index (κ1) is 12.5. The van der Waals surface area contributed by atoms with E-state index >= 15 is 0 Å². The second kappa shape index (κ2) is 6.12. The predicted octanol–water partition coefficient (Wildman–Crippen LogP) is 1.54. The zero-order valence-corrected chi connectivity index (χ0v) is 10.1. The summed E-state index contributed by atoms with van der Waals surface area (Å²) < 4.78 is 0. The second-order valence-electron chi connectivity index (χ2n) is 3.91. The predicted molar refractivity (Wildman–Crippen MR) is 66.8 cm³/mol. The molecule has 4 heteroatoms. The van der Waals surface area contributed by atoms with Gasteiger partial charge < -0.3 is 15.5 Å². The monoisotopic (exact) mass is 221 g/mol. The summed E-state index contributed by atoms with van der Waals surface area (Å²) in [4.78, 5) is 13.4. The van der Waals surface area contributed by atoms with Gasteiger partial charge in [0.1, 0.15) is 0 Å². The molecule has 2 N–H and O–H groups in total. The van der Waals surface area contributed by atoms with Crippen LogP contribution in [0.15, 0.2) is 24.3 Å². The standard InChI is InChI=1S/C12H19N3O/c1-13-12(16)14-11-7-5-4-6-10(11)8-9-15(2)3/h4-7H,8-9H2,1-3H3,(H2,13,14,16). The molecule has 0 aliphatic rings. The summed E-state index contributed by atoms with van der Waals surface area (Å²) in [5, 5.41) is 5.36. The summed E-state index contributed by atoms with van der Waals surface area (Å²) in [6.07, 6.45) is 0.924. The molecule has 0 unspecified atom stereocenters. The minimum Gasteiger partial charge on any atom is -0.341 e. The van der Waals surface area contributed by atoms with E-state index in [9.17, 15) is 4.79 Å². The minimum atomic E-state index is -0.183. The van der Waals surface area contributed by atoms with E-state index in [1.165, 1.54) is 0 Å². The highest BCUT2D eigenvalue weighted by Gasteiger charge is 2.04. The van der Waals surface area contributed by atoms with Crippen LogP contribution in [0.5, 0.6) is 0 Å². The number of rotatable bonds is 4. The third-order valence-corrected chi connectivity index (χ3v) is 2.32. The average Bonchev–Trinajstić information content (AvgIpc) is 2.27. The van der Waals surface area contributed by atoms with Crippen LogP contribution in [0, 0.1) is 0 Å². The topological polar surface area (TPSA) is 44.4 Å². The smallest absolute Gasteiger partial charge is 0.318 e. The van der Waals surface area contributed by atoms with Gasteiger partial charge in [0.25, 0.3) is 0 Å². The van der Waals surface area contributed by atoms with Crippen molar-refractivity contribution in [3.05, 3.63) is 29.8 Å². The van der Waals surface area contributed by atoms with E-state index in [1.807, 2.05) is 38.4 Å². The van der Waals surface area contributed by atoms with Crippen LogP contribution in [0.4, 0.5) is 10.5 Å². The molecule has 0 bridgehead atoms. The van der Waals surface area contributed by atoms with Crippen LogP contribution in [-0.2, 0) is 6.42 Å². The number of carbonyl (C=O) groups excluding carboxylic acids is 1. The fraction of sp³-hybridized carbons (Fsp3) is 0.417. The van der Waals surface area contributed by atoms with Crippen molar-refractivity contribution < 1.29 is 4.79 Å². The molecule has 4 nitrogen and oxygen atoms in total. The molecule has 1 aromatic carbocycles. The summed E-state index contributed by atoms with van der Waals surface area (Å²) in [5.41, 5.74) is 2.03. The van der Waals surface area contributed by atoms with Gasteiger partial charge in [-0.25, -0.2) is 4.79 Å². The van der Waals surface area contributed by atoms with Gasteiger partial charge >= 0.3 is 6.03 Å². The maximum absolute atomic E-state index is 11.2. The molecule has 16 heavy (non-hydrogen) atoms. The fourth-order valence-electron chi connectivity index (χ4n) is 1.39. The lowest BCUT2D eigenvalue weighted by molar-refractivity contribution is 0.254. The van der Waals surface area contributed by atoms with Crippen LogP contribution in [0.25, 0.3) is 0 Å². The van der Waals surface area contributed by atoms with Crippen molar-refractivity contribution >= 4 is 11.7 Å². The van der Waals surface area contributed by atoms with E-state index in [1.54, 1.807) is 7.05 Å². The highest BCUT2D eigenvalue weighted by molar-refractivity contribution is 5.89. The van der Waals surface area contributed by atoms with Crippen LogP contribution in [0.1, 0.15) is 5.56 Å². The Morgan fingerprint density at radius 3 is 2.62 bits per heavy atom. The second-order valence-corrected chi connectivity index (χ2v) is 3.91. The zero-order valence-electron chi connectivity index (χ0n) is 10.1. The number of hydrogen-bond donors (Lipinski definition) is 2. The Bertz CT molecular complexity index is 350. The van der Waals surface area contributed by atoms with Crippen LogP contribution in [0.2, 0.25) is 0 Å². The number of para-hydroxylation sites is 1. The van der Waals surface area contributed by atoms with Crippen molar-refractivity contribution in [2.45, 2.75) is 6.42 Å². The van der Waals surface area contributed by atoms with Crippen LogP contribution in [-0.4, -0.2) is 38.6 Å². The van der Waals surface area contributed by atoms with Gasteiger partial charge in [0.05, 0.1) is 0 Å². The normalized spacial score (nSPS) is 10.2. The van der Waals surface area contributed by atoms with E-state index in [0.717, 1.165) is 24.2 Å². The summed E-state index contributed by atoms with van der Waals surface area (Å²) in [5.74, 6) is 0. The maximum atomic E-state index is 11.2. The minimum absolute atomic E-state index is 0.183. The molecule has 1 aromatic rings. The van der Waals surface area contributed by atoms with Crippen LogP contribution >= 0.6 is 0 Å². The van der Waals surface area contributed by atoms with E-state index in [-0.39, 0.29) is 6.03 Å². The van der Waals surface area contributed by atoms with Gasteiger partial charge in [-0.1, -0.05) is 18.2 Å². The lowest BCUT2D eigenvalue weighted by Crippen LogP contribution is -2.25. The molecule has 0 aliphatic heterocycles. The van der Waals surface area contributed by atoms with Crippen molar-refractivity contribution in [3.63, 3.8) is 0 Å². The third kappa shape index (κ3) is 3.90. The number of anilines is 1. The van der Waals surface area contributed by atoms with Crippen molar-refractivity contribution in [3.8, 4) is 0 Å². The number of benzene rings is 1. The summed E-state index contributed by atoms with van der Waals surface area (Å²) in [6, 6.07) is 7.68. The number of likely N-dealkylation sites (N-methyl/N-ethyl adjacent to an activating group) is 1. The molecule has 0 spiro atoms. The molecular weight excluding hydrogens is 202 g/mol. The molecule has 0 aliphatic carbocycles. The van der Waals surface area contributed by atoms with E-state index in [4.69, 9.17) is 0 Å². The highest BCUT2D eigenvalue weighted by atomic mass is 16.2. The van der Waals surface area contributed by atoms with Crippen LogP contribution < -0.4 is 10.6 Å². The lowest BCUT2D eigenvalue weighted by Gasteiger charge is -2.13. The summed E-state index contributed by atoms with van der Waals surface area (Å²) in [6.45, 7) is 0.965. The Kier molecular flexibility index (Phi) is 4.79. The highest BCUT2D eigenvalue weighted by Crippen LogP contribution is 2.15. The SMILES string of the molecule is CNC(=O)Nc1ccccc1CCN(C)C. The molecule has 0 saturated carbocycles. The molecule has 0 fully saturated rings. The Morgan fingerprint density at radius 2 is 2.00 bits per heavy atom. The number of carbonyl (C=O) groups is 1. The van der Waals surface area contributed by atoms with Gasteiger partial charge in [-0.05, 0) is 32.1 Å². The Labute approximate surface area is 96.6 Å². The molecule has 0 atom stereocenters. The van der Waals surface area contributed by atoms with Crippen molar-refractivity contribution in [2.75, 3.05) is 33.0 Å². The Hall–Kier alpha value is -1.55. The molecule has 0 heterocycles. The molecule has 0 aromatic heterocycles. The van der Waals surface area contributed by atoms with Crippen molar-refractivity contribution in [2.24, 2.45) is 0 Å². The third-order valence-electron chi connectivity index (χ3n) is 2.32. The first-order chi connectivity index (χ1) is 7.63. The van der Waals surface area contributed by atoms with Crippen molar-refractivity contribution in [1.29, 1.82) is 0 Å². The van der Waals surface area contributed by atoms with E-state index < -0.39 is 0 Å².